The number of hydrogen-bond acceptors (Lipinski definition) is 7. The molecule has 0 radical (unpaired) electrons. The van der Waals surface area contributed by atoms with E-state index in [-0.39, 0.29) is 12.1 Å². The summed E-state index contributed by atoms with van der Waals surface area (Å²) in [6.45, 7) is 7.49. The smallest absolute Gasteiger partial charge is 0.229 e. The molecular weight excluding hydrogens is 597 g/mol. The highest BCUT2D eigenvalue weighted by atomic mass is 32.2. The summed E-state index contributed by atoms with van der Waals surface area (Å²) in [5, 5.41) is 4.02. The molecule has 0 saturated carbocycles. The molecule has 0 bridgehead atoms. The van der Waals surface area contributed by atoms with Gasteiger partial charge < -0.3 is 29.2 Å². The van der Waals surface area contributed by atoms with Gasteiger partial charge in [0.15, 0.2) is 5.11 Å². The molecule has 2 N–H and O–H groups in total. The second-order valence-electron chi connectivity index (χ2n) is 11.0. The van der Waals surface area contributed by atoms with E-state index < -0.39 is 10.0 Å². The molecule has 2 saturated heterocycles. The number of benzene rings is 2. The number of aromatic nitrogens is 2. The molecule has 2 aliphatic heterocycles. The van der Waals surface area contributed by atoms with Gasteiger partial charge in [0.05, 0.1) is 50.0 Å². The summed E-state index contributed by atoms with van der Waals surface area (Å²) >= 11 is 5.94. The first-order chi connectivity index (χ1) is 21.1. The highest BCUT2D eigenvalue weighted by Crippen LogP contribution is 2.45. The van der Waals surface area contributed by atoms with Gasteiger partial charge in [-0.3, -0.25) is 9.71 Å². The van der Waals surface area contributed by atoms with Gasteiger partial charge in [0.1, 0.15) is 5.75 Å². The van der Waals surface area contributed by atoms with E-state index >= 15 is 0 Å². The Balaban J connectivity index is 1.44. The molecular formula is C32H36N6O4S2. The van der Waals surface area contributed by atoms with E-state index in [0.29, 0.717) is 16.5 Å². The molecule has 4 aromatic rings. The molecule has 4 heterocycles. The molecule has 2 aliphatic rings. The number of anilines is 3. The van der Waals surface area contributed by atoms with Gasteiger partial charge in [0, 0.05) is 47.7 Å². The first-order valence-electron chi connectivity index (χ1n) is 14.4. The van der Waals surface area contributed by atoms with Crippen molar-refractivity contribution >= 4 is 44.4 Å². The summed E-state index contributed by atoms with van der Waals surface area (Å²) in [5.74, 6) is 0.411. The van der Waals surface area contributed by atoms with Crippen LogP contribution in [-0.4, -0.2) is 62.8 Å². The number of pyridine rings is 1. The molecule has 0 spiro atoms. The van der Waals surface area contributed by atoms with Crippen molar-refractivity contribution in [3.63, 3.8) is 0 Å². The van der Waals surface area contributed by atoms with Gasteiger partial charge in [0.2, 0.25) is 10.0 Å². The topological polar surface area (TPSA) is 101 Å². The lowest BCUT2D eigenvalue weighted by Crippen LogP contribution is -2.36. The van der Waals surface area contributed by atoms with Gasteiger partial charge in [-0.2, -0.15) is 0 Å². The number of nitrogens with one attached hydrogen (secondary N) is 2. The predicted octanol–water partition coefficient (Wildman–Crippen LogP) is 4.88. The highest BCUT2D eigenvalue weighted by molar-refractivity contribution is 7.92. The standard InChI is InChI=1S/C32H36N6O4S2/c1-21-19-26(22(2)37(21)24-10-8-23(9-11-24)36-15-17-42-18-16-36)31-30(27-7-5-6-14-33-27)34-32(43)38(31)25-12-13-29(41-3)28(20-25)35-44(4,39)40/h5-14,19-20,30-31,35H,15-18H2,1-4H3,(H,34,43)/t30-,31+/m1/s1. The lowest BCUT2D eigenvalue weighted by Gasteiger charge is -2.29. The van der Waals surface area contributed by atoms with Gasteiger partial charge in [-0.15, -0.1) is 0 Å². The Morgan fingerprint density at radius 1 is 1.00 bits per heavy atom. The Labute approximate surface area is 263 Å². The summed E-state index contributed by atoms with van der Waals surface area (Å²) in [4.78, 5) is 9.06. The fourth-order valence-electron chi connectivity index (χ4n) is 6.19. The number of sulfonamides is 1. The SMILES string of the molecule is COc1ccc(N2C(=S)N[C@H](c3ccccn3)[C@@H]2c2cc(C)n(-c3ccc(N4CCOCC4)cc3)c2C)cc1NS(C)(=O)=O. The molecule has 0 unspecified atom stereocenters. The molecule has 0 amide bonds. The van der Waals surface area contributed by atoms with Crippen molar-refractivity contribution in [3.8, 4) is 11.4 Å². The molecule has 2 aromatic heterocycles. The summed E-state index contributed by atoms with van der Waals surface area (Å²) in [6.07, 6.45) is 2.89. The van der Waals surface area contributed by atoms with Crippen LogP contribution in [-0.2, 0) is 14.8 Å². The van der Waals surface area contributed by atoms with Crippen molar-refractivity contribution in [1.82, 2.24) is 14.9 Å². The lowest BCUT2D eigenvalue weighted by molar-refractivity contribution is 0.122. The molecule has 10 nitrogen and oxygen atoms in total. The maximum absolute atomic E-state index is 12.2. The number of morpholine rings is 1. The quantitative estimate of drug-likeness (QED) is 0.263. The maximum Gasteiger partial charge on any atom is 0.229 e. The molecule has 230 valence electrons. The second kappa shape index (κ2) is 12.1. The Kier molecular flexibility index (Phi) is 8.23. The molecule has 2 aromatic carbocycles. The number of nitrogens with zero attached hydrogens (tertiary/aromatic N) is 4. The van der Waals surface area contributed by atoms with E-state index in [1.54, 1.807) is 18.3 Å². The average molecular weight is 633 g/mol. The van der Waals surface area contributed by atoms with Crippen LogP contribution in [0, 0.1) is 13.8 Å². The zero-order chi connectivity index (χ0) is 31.0. The third-order valence-corrected chi connectivity index (χ3v) is 9.03. The van der Waals surface area contributed by atoms with E-state index in [4.69, 9.17) is 21.7 Å². The number of rotatable bonds is 8. The Morgan fingerprint density at radius 3 is 2.36 bits per heavy atom. The number of methoxy groups -OCH3 is 1. The third kappa shape index (κ3) is 5.84. The molecule has 44 heavy (non-hydrogen) atoms. The molecule has 2 fully saturated rings. The number of aryl methyl sites for hydroxylation is 1. The van der Waals surface area contributed by atoms with Crippen LogP contribution >= 0.6 is 12.2 Å². The van der Waals surface area contributed by atoms with E-state index in [2.05, 4.69) is 68.7 Å². The molecule has 6 rings (SSSR count). The van der Waals surface area contributed by atoms with Crippen molar-refractivity contribution in [2.24, 2.45) is 0 Å². The zero-order valence-electron chi connectivity index (χ0n) is 25.1. The van der Waals surface area contributed by atoms with Gasteiger partial charge >= 0.3 is 0 Å². The minimum Gasteiger partial charge on any atom is -0.495 e. The Hall–Kier alpha value is -4.13. The van der Waals surface area contributed by atoms with E-state index in [1.807, 2.05) is 29.2 Å². The highest BCUT2D eigenvalue weighted by Gasteiger charge is 2.42. The summed E-state index contributed by atoms with van der Waals surface area (Å²) < 4.78 is 40.2. The normalized spacial score (nSPS) is 18.8. The van der Waals surface area contributed by atoms with Crippen LogP contribution in [0.4, 0.5) is 17.1 Å². The first kappa shape index (κ1) is 29.9. The van der Waals surface area contributed by atoms with E-state index in [9.17, 15) is 8.42 Å². The fraction of sp³-hybridized carbons (Fsp3) is 0.312. The lowest BCUT2D eigenvalue weighted by atomic mass is 9.96. The van der Waals surface area contributed by atoms with Crippen LogP contribution in [0.25, 0.3) is 5.69 Å². The van der Waals surface area contributed by atoms with Crippen LogP contribution in [0.1, 0.15) is 34.7 Å². The average Bonchev–Trinajstić information content (AvgIpc) is 3.51. The van der Waals surface area contributed by atoms with Crippen LogP contribution in [0.5, 0.6) is 5.75 Å². The predicted molar refractivity (Wildman–Crippen MR) is 178 cm³/mol. The number of thiocarbonyl (C=S) groups is 1. The van der Waals surface area contributed by atoms with Gasteiger partial charge in [-0.25, -0.2) is 8.42 Å². The Morgan fingerprint density at radius 2 is 1.70 bits per heavy atom. The summed E-state index contributed by atoms with van der Waals surface area (Å²) in [5.41, 5.74) is 7.40. The largest absolute Gasteiger partial charge is 0.495 e. The van der Waals surface area contributed by atoms with Crippen LogP contribution in [0.3, 0.4) is 0 Å². The van der Waals surface area contributed by atoms with Crippen molar-refractivity contribution < 1.29 is 17.9 Å². The van der Waals surface area contributed by atoms with Gasteiger partial charge in [-0.05, 0) is 92.3 Å². The van der Waals surface area contributed by atoms with Crippen molar-refractivity contribution in [3.05, 3.63) is 95.6 Å². The maximum atomic E-state index is 12.2. The molecule has 2 atom stereocenters. The summed E-state index contributed by atoms with van der Waals surface area (Å²) in [6, 6.07) is 21.6. The number of hydrogen-bond donors (Lipinski definition) is 2. The summed E-state index contributed by atoms with van der Waals surface area (Å²) in [7, 11) is -2.05. The fourth-order valence-corrected chi connectivity index (χ4v) is 7.10. The second-order valence-corrected chi connectivity index (χ2v) is 13.2. The van der Waals surface area contributed by atoms with Crippen LogP contribution < -0.4 is 24.6 Å². The number of ether oxygens (including phenoxy) is 2. The first-order valence-corrected chi connectivity index (χ1v) is 16.7. The van der Waals surface area contributed by atoms with Crippen molar-refractivity contribution in [2.75, 3.05) is 54.2 Å². The van der Waals surface area contributed by atoms with Crippen LogP contribution in [0.15, 0.2) is 72.9 Å². The third-order valence-electron chi connectivity index (χ3n) is 8.13. The zero-order valence-corrected chi connectivity index (χ0v) is 26.8. The van der Waals surface area contributed by atoms with Crippen molar-refractivity contribution in [1.29, 1.82) is 0 Å². The molecule has 0 aliphatic carbocycles. The van der Waals surface area contributed by atoms with Gasteiger partial charge in [0.25, 0.3) is 0 Å². The monoisotopic (exact) mass is 632 g/mol. The van der Waals surface area contributed by atoms with E-state index in [0.717, 1.165) is 66.6 Å². The van der Waals surface area contributed by atoms with Crippen molar-refractivity contribution in [2.45, 2.75) is 25.9 Å². The van der Waals surface area contributed by atoms with Gasteiger partial charge in [-0.1, -0.05) is 6.07 Å². The van der Waals surface area contributed by atoms with E-state index in [1.165, 1.54) is 12.8 Å². The molecule has 12 heteroatoms. The Bertz CT molecular complexity index is 1770. The van der Waals surface area contributed by atoms with Crippen LogP contribution in [0.2, 0.25) is 0 Å². The minimum atomic E-state index is -3.55. The minimum absolute atomic E-state index is 0.255.